The van der Waals surface area contributed by atoms with E-state index in [0.717, 1.165) is 0 Å². The second kappa shape index (κ2) is 5.03. The van der Waals surface area contributed by atoms with Gasteiger partial charge in [0.15, 0.2) is 6.61 Å². The maximum Gasteiger partial charge on any atom is 0.266 e. The Morgan fingerprint density at radius 2 is 2.11 bits per heavy atom. The van der Waals surface area contributed by atoms with Crippen molar-refractivity contribution in [3.05, 3.63) is 30.2 Å². The van der Waals surface area contributed by atoms with Crippen LogP contribution in [0.25, 0.3) is 0 Å². The second-order valence-electron chi connectivity index (χ2n) is 1.39. The highest BCUT2D eigenvalue weighted by Crippen LogP contribution is 1.77. The SMILES string of the molecule is C=CCO[N+](=O)CC=C. The van der Waals surface area contributed by atoms with Crippen LogP contribution in [0.15, 0.2) is 25.3 Å². The Kier molecular flexibility index (Phi) is 4.40. The fourth-order valence-corrected chi connectivity index (χ4v) is 0.294. The molecule has 0 amide bonds. The van der Waals surface area contributed by atoms with Gasteiger partial charge in [0.05, 0.1) is 4.91 Å². The molecule has 0 aliphatic carbocycles. The fourth-order valence-electron chi connectivity index (χ4n) is 0.294. The molecular formula is C6H10NO2+. The summed E-state index contributed by atoms with van der Waals surface area (Å²) >= 11 is 0. The minimum atomic E-state index is 0.188. The van der Waals surface area contributed by atoms with Crippen LogP contribution in [0, 0.1) is 4.91 Å². The van der Waals surface area contributed by atoms with E-state index in [1.165, 1.54) is 12.2 Å². The molecule has 0 saturated heterocycles. The summed E-state index contributed by atoms with van der Waals surface area (Å²) in [5.74, 6) is 0. The third kappa shape index (κ3) is 4.74. The van der Waals surface area contributed by atoms with Gasteiger partial charge in [0, 0.05) is 0 Å². The van der Waals surface area contributed by atoms with E-state index in [-0.39, 0.29) is 13.2 Å². The molecular weight excluding hydrogens is 118 g/mol. The zero-order valence-corrected chi connectivity index (χ0v) is 5.25. The van der Waals surface area contributed by atoms with Crippen molar-refractivity contribution < 1.29 is 9.76 Å². The zero-order chi connectivity index (χ0) is 7.11. The van der Waals surface area contributed by atoms with E-state index in [1.54, 1.807) is 0 Å². The van der Waals surface area contributed by atoms with E-state index in [9.17, 15) is 4.91 Å². The molecule has 0 unspecified atom stereocenters. The number of hydrogen-bond acceptors (Lipinski definition) is 2. The first kappa shape index (κ1) is 7.88. The van der Waals surface area contributed by atoms with E-state index < -0.39 is 0 Å². The van der Waals surface area contributed by atoms with Gasteiger partial charge >= 0.3 is 0 Å². The predicted molar refractivity (Wildman–Crippen MR) is 34.8 cm³/mol. The molecule has 0 aromatic carbocycles. The van der Waals surface area contributed by atoms with Gasteiger partial charge in [-0.15, -0.1) is 0 Å². The molecule has 0 saturated carbocycles. The summed E-state index contributed by atoms with van der Waals surface area (Å²) < 4.78 is 0. The highest BCUT2D eigenvalue weighted by molar-refractivity contribution is 4.63. The van der Waals surface area contributed by atoms with Crippen molar-refractivity contribution in [1.29, 1.82) is 0 Å². The molecule has 0 spiro atoms. The molecule has 0 atom stereocenters. The van der Waals surface area contributed by atoms with Crippen molar-refractivity contribution >= 4 is 0 Å². The third-order valence-corrected chi connectivity index (χ3v) is 0.615. The van der Waals surface area contributed by atoms with E-state index >= 15 is 0 Å². The highest BCUT2D eigenvalue weighted by atomic mass is 16.8. The molecule has 0 aromatic rings. The molecule has 0 aliphatic heterocycles. The van der Waals surface area contributed by atoms with Gasteiger partial charge in [0.2, 0.25) is 4.92 Å². The molecule has 9 heavy (non-hydrogen) atoms. The summed E-state index contributed by atoms with van der Waals surface area (Å²) in [6, 6.07) is 0. The lowest BCUT2D eigenvalue weighted by Crippen LogP contribution is -2.08. The largest absolute Gasteiger partial charge is 0.266 e. The number of hydrogen-bond donors (Lipinski definition) is 0. The summed E-state index contributed by atoms with van der Waals surface area (Å²) in [4.78, 5) is 15.4. The molecule has 3 heteroatoms. The fraction of sp³-hybridized carbons (Fsp3) is 0.333. The summed E-state index contributed by atoms with van der Waals surface area (Å²) in [7, 11) is 0. The second-order valence-corrected chi connectivity index (χ2v) is 1.39. The van der Waals surface area contributed by atoms with Crippen LogP contribution in [0.3, 0.4) is 0 Å². The summed E-state index contributed by atoms with van der Waals surface area (Å²) in [6.07, 6.45) is 2.98. The molecule has 50 valence electrons. The highest BCUT2D eigenvalue weighted by Gasteiger charge is 2.01. The predicted octanol–water partition coefficient (Wildman–Crippen LogP) is 1.07. The maximum absolute atomic E-state index is 10.4. The first-order valence-electron chi connectivity index (χ1n) is 2.60. The van der Waals surface area contributed by atoms with Crippen LogP contribution in [-0.2, 0) is 4.84 Å². The van der Waals surface area contributed by atoms with Gasteiger partial charge in [-0.3, -0.25) is 0 Å². The van der Waals surface area contributed by atoms with E-state index in [4.69, 9.17) is 0 Å². The van der Waals surface area contributed by atoms with Crippen molar-refractivity contribution in [2.45, 2.75) is 0 Å². The van der Waals surface area contributed by atoms with Gasteiger partial charge < -0.3 is 0 Å². The minimum Gasteiger partial charge on any atom is -0.228 e. The number of rotatable bonds is 5. The monoisotopic (exact) mass is 128 g/mol. The lowest BCUT2D eigenvalue weighted by molar-refractivity contribution is -0.795. The van der Waals surface area contributed by atoms with Crippen molar-refractivity contribution in [1.82, 2.24) is 0 Å². The molecule has 0 fully saturated rings. The molecule has 0 N–H and O–H groups in total. The van der Waals surface area contributed by atoms with Crippen molar-refractivity contribution in [2.24, 2.45) is 0 Å². The Morgan fingerprint density at radius 1 is 1.44 bits per heavy atom. The summed E-state index contributed by atoms with van der Waals surface area (Å²) in [5.41, 5.74) is 0. The average molecular weight is 128 g/mol. The first-order valence-corrected chi connectivity index (χ1v) is 2.60. The Morgan fingerprint density at radius 3 is 2.56 bits per heavy atom. The number of nitrogens with zero attached hydrogens (tertiary/aromatic N) is 1. The third-order valence-electron chi connectivity index (χ3n) is 0.615. The Hall–Kier alpha value is -1.12. The quantitative estimate of drug-likeness (QED) is 0.409. The molecule has 0 aliphatic rings. The average Bonchev–Trinajstić information content (AvgIpc) is 1.85. The normalized spacial score (nSPS) is 8.00. The van der Waals surface area contributed by atoms with E-state index in [0.29, 0.717) is 4.92 Å². The lowest BCUT2D eigenvalue weighted by atomic mass is 10.7. The van der Waals surface area contributed by atoms with Crippen LogP contribution >= 0.6 is 0 Å². The van der Waals surface area contributed by atoms with Gasteiger partial charge in [0.1, 0.15) is 0 Å². The maximum atomic E-state index is 10.4. The first-order chi connectivity index (χ1) is 4.31. The molecule has 0 radical (unpaired) electrons. The van der Waals surface area contributed by atoms with Gasteiger partial charge in [-0.2, -0.15) is 0 Å². The molecule has 3 nitrogen and oxygen atoms in total. The van der Waals surface area contributed by atoms with Gasteiger partial charge in [-0.05, 0) is 12.2 Å². The van der Waals surface area contributed by atoms with Crippen molar-refractivity contribution in [3.63, 3.8) is 0 Å². The summed E-state index contributed by atoms with van der Waals surface area (Å²) in [5, 5.41) is 0. The van der Waals surface area contributed by atoms with Crippen LogP contribution in [0.2, 0.25) is 0 Å². The smallest absolute Gasteiger partial charge is 0.228 e. The van der Waals surface area contributed by atoms with Crippen LogP contribution in [0.1, 0.15) is 0 Å². The standard InChI is InChI=1S/C6H10NO2/c1-3-5-7(8)9-6-4-2/h3-4H,1-2,5-6H2/q+1. The molecule has 0 heterocycles. The van der Waals surface area contributed by atoms with Gasteiger partial charge in [-0.1, -0.05) is 13.2 Å². The molecule has 0 bridgehead atoms. The Labute approximate surface area is 54.2 Å². The Balaban J connectivity index is 3.26. The van der Waals surface area contributed by atoms with Crippen LogP contribution < -0.4 is 0 Å². The topological polar surface area (TPSA) is 29.3 Å². The van der Waals surface area contributed by atoms with E-state index in [2.05, 4.69) is 18.0 Å². The van der Waals surface area contributed by atoms with Crippen LogP contribution in [-0.4, -0.2) is 18.1 Å². The van der Waals surface area contributed by atoms with E-state index in [1.807, 2.05) is 0 Å². The van der Waals surface area contributed by atoms with Crippen molar-refractivity contribution in [2.75, 3.05) is 13.2 Å². The zero-order valence-electron chi connectivity index (χ0n) is 5.25. The van der Waals surface area contributed by atoms with Crippen molar-refractivity contribution in [3.8, 4) is 0 Å². The minimum absolute atomic E-state index is 0.188. The molecule has 0 rings (SSSR count). The van der Waals surface area contributed by atoms with Gasteiger partial charge in [0.25, 0.3) is 6.54 Å². The van der Waals surface area contributed by atoms with Gasteiger partial charge in [-0.25, -0.2) is 4.84 Å². The lowest BCUT2D eigenvalue weighted by Gasteiger charge is -1.85. The van der Waals surface area contributed by atoms with Crippen LogP contribution in [0.5, 0.6) is 0 Å². The molecule has 0 aromatic heterocycles. The summed E-state index contributed by atoms with van der Waals surface area (Å²) in [6.45, 7) is 7.17. The Bertz CT molecular complexity index is 120. The van der Waals surface area contributed by atoms with Crippen LogP contribution in [0.4, 0.5) is 0 Å².